The highest BCUT2D eigenvalue weighted by molar-refractivity contribution is 7.15. The Morgan fingerprint density at radius 1 is 1.05 bits per heavy atom. The fourth-order valence-electron chi connectivity index (χ4n) is 5.50. The number of aromatic nitrogens is 1. The second-order valence-corrected chi connectivity index (χ2v) is 11.5. The lowest BCUT2D eigenvalue weighted by atomic mass is 9.84. The van der Waals surface area contributed by atoms with Crippen molar-refractivity contribution in [3.63, 3.8) is 0 Å². The number of benzene rings is 2. The van der Waals surface area contributed by atoms with Crippen molar-refractivity contribution in [2.75, 3.05) is 13.2 Å². The first-order chi connectivity index (χ1) is 18.7. The Morgan fingerprint density at radius 2 is 1.84 bits per heavy atom. The Labute approximate surface area is 233 Å². The van der Waals surface area contributed by atoms with Gasteiger partial charge in [0.15, 0.2) is 0 Å². The minimum absolute atomic E-state index is 0.387. The van der Waals surface area contributed by atoms with Crippen molar-refractivity contribution >= 4 is 11.3 Å². The molecule has 1 aliphatic rings. The van der Waals surface area contributed by atoms with Gasteiger partial charge in [0.25, 0.3) is 0 Å². The van der Waals surface area contributed by atoms with Crippen LogP contribution in [0.5, 0.6) is 5.75 Å². The highest BCUT2D eigenvalue weighted by Gasteiger charge is 2.28. The smallest absolute Gasteiger partial charge is 0.134 e. The van der Waals surface area contributed by atoms with Crippen molar-refractivity contribution in [1.82, 2.24) is 10.3 Å². The van der Waals surface area contributed by atoms with Crippen molar-refractivity contribution in [3.05, 3.63) is 58.1 Å². The number of hydrogen-bond donors (Lipinski definition) is 1. The van der Waals surface area contributed by atoms with E-state index in [1.165, 1.54) is 49.0 Å². The number of nitriles is 1. The van der Waals surface area contributed by atoms with Gasteiger partial charge in [0, 0.05) is 23.5 Å². The van der Waals surface area contributed by atoms with Gasteiger partial charge in [0.2, 0.25) is 0 Å². The molecule has 1 unspecified atom stereocenters. The van der Waals surface area contributed by atoms with Crippen LogP contribution in [0.3, 0.4) is 0 Å². The van der Waals surface area contributed by atoms with E-state index in [0.29, 0.717) is 18.1 Å². The maximum absolute atomic E-state index is 10.6. The summed E-state index contributed by atoms with van der Waals surface area (Å²) in [5.41, 5.74) is 6.01. The minimum Gasteiger partial charge on any atom is -0.493 e. The number of ether oxygens (including phenoxy) is 1. The lowest BCUT2D eigenvalue weighted by Crippen LogP contribution is -2.22. The summed E-state index contributed by atoms with van der Waals surface area (Å²) in [6, 6.07) is 15.2. The predicted molar refractivity (Wildman–Crippen MR) is 160 cm³/mol. The summed E-state index contributed by atoms with van der Waals surface area (Å²) in [5, 5.41) is 14.9. The Balaban J connectivity index is 1.85. The fraction of sp³-hybridized carbons (Fsp3) is 0.515. The zero-order valence-electron chi connectivity index (χ0n) is 23.4. The molecule has 0 radical (unpaired) electrons. The van der Waals surface area contributed by atoms with Crippen LogP contribution >= 0.6 is 11.3 Å². The molecule has 0 saturated carbocycles. The van der Waals surface area contributed by atoms with Gasteiger partial charge in [-0.15, -0.1) is 11.3 Å². The van der Waals surface area contributed by atoms with Gasteiger partial charge in [0.05, 0.1) is 23.4 Å². The van der Waals surface area contributed by atoms with E-state index < -0.39 is 0 Å². The van der Waals surface area contributed by atoms with Crippen LogP contribution in [0.15, 0.2) is 36.4 Å². The second kappa shape index (κ2) is 14.5. The summed E-state index contributed by atoms with van der Waals surface area (Å²) < 4.78 is 6.58. The van der Waals surface area contributed by atoms with Gasteiger partial charge in [0.1, 0.15) is 16.8 Å². The molecule has 5 heteroatoms. The normalized spacial score (nSPS) is 13.6. The molecule has 202 valence electrons. The standard InChI is InChI=1S/C33H43N3OS/c1-4-7-8-9-10-12-15-24(6-3)27-21-26(25-16-13-11-14-17-25)28(22-34)31(32(27)37-20-5-2)33-36-29-23-35-19-18-30(29)38-33/h11,13-14,16-17,21,24,35H,4-10,12,15,18-20,23H2,1-3H3. The van der Waals surface area contributed by atoms with Crippen LogP contribution in [0.2, 0.25) is 0 Å². The summed E-state index contributed by atoms with van der Waals surface area (Å²) in [6.07, 6.45) is 11.9. The summed E-state index contributed by atoms with van der Waals surface area (Å²) in [6.45, 7) is 9.11. The molecule has 0 saturated heterocycles. The average molecular weight is 530 g/mol. The lowest BCUT2D eigenvalue weighted by Gasteiger charge is -2.24. The summed E-state index contributed by atoms with van der Waals surface area (Å²) in [5.74, 6) is 1.28. The average Bonchev–Trinajstić information content (AvgIpc) is 3.39. The van der Waals surface area contributed by atoms with E-state index in [2.05, 4.69) is 62.5 Å². The molecule has 1 atom stereocenters. The zero-order chi connectivity index (χ0) is 26.7. The predicted octanol–water partition coefficient (Wildman–Crippen LogP) is 9.03. The molecule has 2 heterocycles. The fourth-order valence-corrected chi connectivity index (χ4v) is 6.62. The van der Waals surface area contributed by atoms with Gasteiger partial charge in [-0.05, 0) is 48.8 Å². The van der Waals surface area contributed by atoms with Crippen molar-refractivity contribution in [2.24, 2.45) is 0 Å². The van der Waals surface area contributed by atoms with Crippen LogP contribution in [0, 0.1) is 11.3 Å². The Hall–Kier alpha value is -2.68. The number of thiazole rings is 1. The van der Waals surface area contributed by atoms with Crippen LogP contribution in [-0.4, -0.2) is 18.1 Å². The Kier molecular flexibility index (Phi) is 10.8. The van der Waals surface area contributed by atoms with Crippen LogP contribution < -0.4 is 10.1 Å². The van der Waals surface area contributed by atoms with Crippen LogP contribution in [0.25, 0.3) is 21.7 Å². The number of nitrogens with one attached hydrogen (secondary N) is 1. The van der Waals surface area contributed by atoms with E-state index in [4.69, 9.17) is 9.72 Å². The summed E-state index contributed by atoms with van der Waals surface area (Å²) >= 11 is 1.74. The number of fused-ring (bicyclic) bond motifs is 1. The van der Waals surface area contributed by atoms with Crippen molar-refractivity contribution in [3.8, 4) is 33.5 Å². The Bertz CT molecular complexity index is 1190. The van der Waals surface area contributed by atoms with E-state index in [1.54, 1.807) is 11.3 Å². The van der Waals surface area contributed by atoms with Gasteiger partial charge < -0.3 is 10.1 Å². The molecule has 3 aromatic rings. The SMILES string of the molecule is CCCCCCCCC(CC)c1cc(-c2ccccc2)c(C#N)c(-c2nc3c(s2)CCNC3)c1OCCC. The maximum atomic E-state index is 10.6. The topological polar surface area (TPSA) is 57.9 Å². The largest absolute Gasteiger partial charge is 0.493 e. The molecule has 0 aliphatic carbocycles. The van der Waals surface area contributed by atoms with E-state index in [-0.39, 0.29) is 0 Å². The molecule has 38 heavy (non-hydrogen) atoms. The van der Waals surface area contributed by atoms with Crippen LogP contribution in [-0.2, 0) is 13.0 Å². The quantitative estimate of drug-likeness (QED) is 0.212. The van der Waals surface area contributed by atoms with Crippen LogP contribution in [0.4, 0.5) is 0 Å². The molecule has 2 aromatic carbocycles. The van der Waals surface area contributed by atoms with Crippen molar-refractivity contribution < 1.29 is 4.74 Å². The molecule has 0 bridgehead atoms. The minimum atomic E-state index is 0.387. The highest BCUT2D eigenvalue weighted by atomic mass is 32.1. The third-order valence-electron chi connectivity index (χ3n) is 7.61. The van der Waals surface area contributed by atoms with Gasteiger partial charge in [-0.3, -0.25) is 0 Å². The van der Waals surface area contributed by atoms with E-state index in [0.717, 1.165) is 71.9 Å². The second-order valence-electron chi connectivity index (χ2n) is 10.4. The molecule has 4 nitrogen and oxygen atoms in total. The van der Waals surface area contributed by atoms with Gasteiger partial charge in [-0.25, -0.2) is 4.98 Å². The highest BCUT2D eigenvalue weighted by Crippen LogP contribution is 2.47. The lowest BCUT2D eigenvalue weighted by molar-refractivity contribution is 0.312. The van der Waals surface area contributed by atoms with Gasteiger partial charge in [-0.2, -0.15) is 5.26 Å². The van der Waals surface area contributed by atoms with Gasteiger partial charge in [-0.1, -0.05) is 89.6 Å². The molecule has 1 N–H and O–H groups in total. The number of unbranched alkanes of at least 4 members (excludes halogenated alkanes) is 5. The number of hydrogen-bond acceptors (Lipinski definition) is 5. The van der Waals surface area contributed by atoms with E-state index >= 15 is 0 Å². The molecule has 0 amide bonds. The number of rotatable bonds is 14. The first-order valence-corrected chi connectivity index (χ1v) is 15.5. The molecular weight excluding hydrogens is 486 g/mol. The number of nitrogens with zero attached hydrogens (tertiary/aromatic N) is 2. The Morgan fingerprint density at radius 3 is 2.55 bits per heavy atom. The molecule has 0 fully saturated rings. The molecule has 4 rings (SSSR count). The molecular formula is C33H43N3OS. The molecule has 1 aromatic heterocycles. The third-order valence-corrected chi connectivity index (χ3v) is 8.78. The molecule has 0 spiro atoms. The van der Waals surface area contributed by atoms with Crippen molar-refractivity contribution in [2.45, 2.75) is 97.4 Å². The first-order valence-electron chi connectivity index (χ1n) is 14.7. The van der Waals surface area contributed by atoms with E-state index in [1.807, 2.05) is 6.07 Å². The first kappa shape index (κ1) is 28.3. The van der Waals surface area contributed by atoms with E-state index in [9.17, 15) is 5.26 Å². The third kappa shape index (κ3) is 6.65. The van der Waals surface area contributed by atoms with Crippen molar-refractivity contribution in [1.29, 1.82) is 5.26 Å². The zero-order valence-corrected chi connectivity index (χ0v) is 24.3. The van der Waals surface area contributed by atoms with Crippen LogP contribution in [0.1, 0.15) is 106 Å². The molecule has 1 aliphatic heterocycles. The summed E-state index contributed by atoms with van der Waals surface area (Å²) in [7, 11) is 0. The summed E-state index contributed by atoms with van der Waals surface area (Å²) in [4.78, 5) is 6.42. The maximum Gasteiger partial charge on any atom is 0.134 e. The monoisotopic (exact) mass is 529 g/mol. The van der Waals surface area contributed by atoms with Gasteiger partial charge >= 0.3 is 0 Å².